The predicted octanol–water partition coefficient (Wildman–Crippen LogP) is 3.06. The average molecular weight is 260 g/mol. The molecular weight excluding hydrogens is 254 g/mol. The zero-order valence-electron chi connectivity index (χ0n) is 7.70. The molecule has 3 rings (SSSR count). The highest BCUT2D eigenvalue weighted by molar-refractivity contribution is 9.10. The van der Waals surface area contributed by atoms with Crippen LogP contribution >= 0.6 is 15.9 Å². The molecule has 0 unspecified atom stereocenters. The Hall–Kier alpha value is -1.48. The van der Waals surface area contributed by atoms with Crippen molar-refractivity contribution in [2.75, 3.05) is 0 Å². The van der Waals surface area contributed by atoms with Crippen molar-refractivity contribution in [1.29, 1.82) is 0 Å². The van der Waals surface area contributed by atoms with E-state index < -0.39 is 0 Å². The Balaban J connectivity index is 2.38. The number of rotatable bonds is 0. The highest BCUT2D eigenvalue weighted by atomic mass is 79.9. The first-order valence-corrected chi connectivity index (χ1v) is 5.36. The van der Waals surface area contributed by atoms with E-state index in [1.165, 1.54) is 0 Å². The number of benzene rings is 1. The molecule has 0 fully saturated rings. The lowest BCUT2D eigenvalue weighted by atomic mass is 10.1. The molecule has 0 saturated carbocycles. The Morgan fingerprint density at radius 2 is 1.93 bits per heavy atom. The van der Waals surface area contributed by atoms with Crippen molar-refractivity contribution >= 4 is 21.7 Å². The maximum absolute atomic E-state index is 12.0. The first-order valence-electron chi connectivity index (χ1n) is 4.57. The molecule has 3 heteroatoms. The Morgan fingerprint density at radius 3 is 2.80 bits per heavy atom. The van der Waals surface area contributed by atoms with Gasteiger partial charge >= 0.3 is 0 Å². The lowest BCUT2D eigenvalue weighted by Crippen LogP contribution is -1.94. The molecule has 15 heavy (non-hydrogen) atoms. The SMILES string of the molecule is O=C1c2cc(Br)ccc2-c2ncccc21. The van der Waals surface area contributed by atoms with E-state index in [-0.39, 0.29) is 5.78 Å². The molecule has 0 spiro atoms. The van der Waals surface area contributed by atoms with Gasteiger partial charge in [-0.1, -0.05) is 22.0 Å². The fourth-order valence-electron chi connectivity index (χ4n) is 1.86. The zero-order chi connectivity index (χ0) is 10.4. The normalized spacial score (nSPS) is 12.5. The Labute approximate surface area is 95.1 Å². The number of carbonyl (C=O) groups excluding carboxylic acids is 1. The summed E-state index contributed by atoms with van der Waals surface area (Å²) < 4.78 is 0.919. The highest BCUT2D eigenvalue weighted by Gasteiger charge is 2.27. The van der Waals surface area contributed by atoms with Crippen molar-refractivity contribution in [3.05, 3.63) is 52.1 Å². The predicted molar refractivity (Wildman–Crippen MR) is 60.8 cm³/mol. The number of pyridine rings is 1. The van der Waals surface area contributed by atoms with E-state index in [0.717, 1.165) is 21.3 Å². The van der Waals surface area contributed by atoms with Crippen LogP contribution in [-0.4, -0.2) is 10.8 Å². The van der Waals surface area contributed by atoms with E-state index >= 15 is 0 Å². The van der Waals surface area contributed by atoms with Gasteiger partial charge < -0.3 is 0 Å². The molecule has 0 N–H and O–H groups in total. The van der Waals surface area contributed by atoms with Gasteiger partial charge in [0.25, 0.3) is 0 Å². The van der Waals surface area contributed by atoms with Gasteiger partial charge in [-0.2, -0.15) is 0 Å². The van der Waals surface area contributed by atoms with Crippen LogP contribution in [0.5, 0.6) is 0 Å². The number of fused-ring (bicyclic) bond motifs is 3. The molecule has 1 aromatic heterocycles. The number of hydrogen-bond donors (Lipinski definition) is 0. The summed E-state index contributed by atoms with van der Waals surface area (Å²) in [6.45, 7) is 0. The second-order valence-electron chi connectivity index (χ2n) is 3.42. The molecule has 1 aliphatic rings. The Kier molecular flexibility index (Phi) is 1.76. The summed E-state index contributed by atoms with van der Waals surface area (Å²) in [7, 11) is 0. The fraction of sp³-hybridized carbons (Fsp3) is 0. The Morgan fingerprint density at radius 1 is 1.07 bits per heavy atom. The van der Waals surface area contributed by atoms with Gasteiger partial charge in [-0.05, 0) is 24.3 Å². The van der Waals surface area contributed by atoms with Crippen LogP contribution in [-0.2, 0) is 0 Å². The number of nitrogens with zero attached hydrogens (tertiary/aromatic N) is 1. The second-order valence-corrected chi connectivity index (χ2v) is 4.33. The fourth-order valence-corrected chi connectivity index (χ4v) is 2.22. The molecule has 1 aliphatic carbocycles. The van der Waals surface area contributed by atoms with Crippen LogP contribution in [0.25, 0.3) is 11.3 Å². The van der Waals surface area contributed by atoms with Gasteiger partial charge in [0.2, 0.25) is 0 Å². The monoisotopic (exact) mass is 259 g/mol. The van der Waals surface area contributed by atoms with Gasteiger partial charge in [0.1, 0.15) is 0 Å². The van der Waals surface area contributed by atoms with E-state index in [9.17, 15) is 4.79 Å². The number of ketones is 1. The standard InChI is InChI=1S/C12H6BrNO/c13-7-3-4-8-10(6-7)12(15)9-2-1-5-14-11(8)9/h1-6H. The summed E-state index contributed by atoms with van der Waals surface area (Å²) in [5.41, 5.74) is 3.16. The molecule has 0 radical (unpaired) electrons. The topological polar surface area (TPSA) is 30.0 Å². The largest absolute Gasteiger partial charge is 0.289 e. The van der Waals surface area contributed by atoms with Gasteiger partial charge in [0, 0.05) is 27.4 Å². The minimum Gasteiger partial charge on any atom is -0.289 e. The van der Waals surface area contributed by atoms with Crippen LogP contribution in [0, 0.1) is 0 Å². The van der Waals surface area contributed by atoms with E-state index in [0.29, 0.717) is 5.56 Å². The van der Waals surface area contributed by atoms with Gasteiger partial charge in [-0.3, -0.25) is 9.78 Å². The lowest BCUT2D eigenvalue weighted by molar-refractivity contribution is 0.104. The quantitative estimate of drug-likeness (QED) is 0.621. The van der Waals surface area contributed by atoms with Crippen molar-refractivity contribution in [1.82, 2.24) is 4.98 Å². The maximum atomic E-state index is 12.0. The molecule has 2 aromatic rings. The molecule has 2 nitrogen and oxygen atoms in total. The van der Waals surface area contributed by atoms with Crippen LogP contribution in [0.1, 0.15) is 15.9 Å². The van der Waals surface area contributed by atoms with Crippen molar-refractivity contribution in [2.24, 2.45) is 0 Å². The summed E-state index contributed by atoms with van der Waals surface area (Å²) in [6, 6.07) is 9.31. The van der Waals surface area contributed by atoms with Crippen LogP contribution in [0.4, 0.5) is 0 Å². The molecule has 0 atom stereocenters. The molecule has 0 bridgehead atoms. The third-order valence-corrected chi connectivity index (χ3v) is 3.03. The highest BCUT2D eigenvalue weighted by Crippen LogP contribution is 2.35. The van der Waals surface area contributed by atoms with Gasteiger partial charge in [0.05, 0.1) is 5.69 Å². The smallest absolute Gasteiger partial charge is 0.195 e. The van der Waals surface area contributed by atoms with Gasteiger partial charge in [0.15, 0.2) is 5.78 Å². The third kappa shape index (κ3) is 1.16. The number of aromatic nitrogens is 1. The molecule has 0 amide bonds. The zero-order valence-corrected chi connectivity index (χ0v) is 9.28. The number of halogens is 1. The van der Waals surface area contributed by atoms with E-state index in [4.69, 9.17) is 0 Å². The molecule has 1 aromatic carbocycles. The summed E-state index contributed by atoms with van der Waals surface area (Å²) >= 11 is 3.36. The van der Waals surface area contributed by atoms with Gasteiger partial charge in [-0.25, -0.2) is 0 Å². The number of carbonyl (C=O) groups is 1. The van der Waals surface area contributed by atoms with Crippen LogP contribution in [0.15, 0.2) is 41.0 Å². The van der Waals surface area contributed by atoms with E-state index in [1.807, 2.05) is 24.3 Å². The van der Waals surface area contributed by atoms with Crippen LogP contribution < -0.4 is 0 Å². The van der Waals surface area contributed by atoms with Crippen molar-refractivity contribution in [3.63, 3.8) is 0 Å². The first-order chi connectivity index (χ1) is 7.27. The minimum absolute atomic E-state index is 0.0643. The van der Waals surface area contributed by atoms with E-state index in [2.05, 4.69) is 20.9 Å². The summed E-state index contributed by atoms with van der Waals surface area (Å²) in [6.07, 6.45) is 1.71. The summed E-state index contributed by atoms with van der Waals surface area (Å²) in [5, 5.41) is 0. The molecular formula is C12H6BrNO. The molecule has 0 aliphatic heterocycles. The molecule has 72 valence electrons. The van der Waals surface area contributed by atoms with Crippen molar-refractivity contribution in [3.8, 4) is 11.3 Å². The van der Waals surface area contributed by atoms with Crippen molar-refractivity contribution < 1.29 is 4.79 Å². The van der Waals surface area contributed by atoms with Crippen LogP contribution in [0.3, 0.4) is 0 Å². The molecule has 1 heterocycles. The minimum atomic E-state index is 0.0643. The third-order valence-electron chi connectivity index (χ3n) is 2.53. The summed E-state index contributed by atoms with van der Waals surface area (Å²) in [5.74, 6) is 0.0643. The van der Waals surface area contributed by atoms with Crippen LogP contribution in [0.2, 0.25) is 0 Å². The average Bonchev–Trinajstić information content (AvgIpc) is 2.54. The van der Waals surface area contributed by atoms with E-state index in [1.54, 1.807) is 12.3 Å². The van der Waals surface area contributed by atoms with Gasteiger partial charge in [-0.15, -0.1) is 0 Å². The second kappa shape index (κ2) is 3.00. The summed E-state index contributed by atoms with van der Waals surface area (Å²) in [4.78, 5) is 16.2. The molecule has 0 saturated heterocycles. The lowest BCUT2D eigenvalue weighted by Gasteiger charge is -1.97. The number of hydrogen-bond acceptors (Lipinski definition) is 2. The Bertz CT molecular complexity index is 578. The maximum Gasteiger partial charge on any atom is 0.195 e. The first kappa shape index (κ1) is 8.80. The van der Waals surface area contributed by atoms with Crippen molar-refractivity contribution in [2.45, 2.75) is 0 Å².